The average Bonchev–Trinajstić information content (AvgIpc) is 2.80. The number of carbonyl (C=O) groups excluding carboxylic acids is 1. The van der Waals surface area contributed by atoms with E-state index in [1.54, 1.807) is 0 Å². The van der Waals surface area contributed by atoms with E-state index >= 15 is 0 Å². The average molecular weight is 227 g/mol. The quantitative estimate of drug-likeness (QED) is 0.755. The van der Waals surface area contributed by atoms with Gasteiger partial charge in [-0.2, -0.15) is 0 Å². The van der Waals surface area contributed by atoms with Gasteiger partial charge in [-0.3, -0.25) is 4.79 Å². The maximum atomic E-state index is 11.7. The van der Waals surface area contributed by atoms with Crippen molar-refractivity contribution in [1.29, 1.82) is 0 Å². The fourth-order valence-corrected chi connectivity index (χ4v) is 2.54. The van der Waals surface area contributed by atoms with Gasteiger partial charge in [0.1, 0.15) is 6.10 Å². The molecule has 1 amide bonds. The topological polar surface area (TPSA) is 58.6 Å². The molecule has 0 radical (unpaired) electrons. The normalized spacial score (nSPS) is 28.9. The summed E-state index contributed by atoms with van der Waals surface area (Å²) >= 11 is 0. The number of aliphatic hydroxyl groups is 1. The minimum atomic E-state index is -0.674. The van der Waals surface area contributed by atoms with Crippen molar-refractivity contribution < 1.29 is 14.6 Å². The molecule has 0 aromatic heterocycles. The second-order valence-electron chi connectivity index (χ2n) is 5.00. The number of nitrogens with one attached hydrogen (secondary N) is 1. The largest absolute Gasteiger partial charge is 0.388 e. The van der Waals surface area contributed by atoms with Gasteiger partial charge in [0.2, 0.25) is 5.91 Å². The van der Waals surface area contributed by atoms with Crippen LogP contribution in [0, 0.1) is 0 Å². The van der Waals surface area contributed by atoms with Gasteiger partial charge in [-0.25, -0.2) is 0 Å². The van der Waals surface area contributed by atoms with Gasteiger partial charge >= 0.3 is 0 Å². The number of amides is 1. The second kappa shape index (κ2) is 5.15. The lowest BCUT2D eigenvalue weighted by Crippen LogP contribution is -2.46. The van der Waals surface area contributed by atoms with E-state index in [-0.39, 0.29) is 12.0 Å². The number of rotatable bonds is 3. The monoisotopic (exact) mass is 227 g/mol. The van der Waals surface area contributed by atoms with E-state index in [9.17, 15) is 9.90 Å². The molecule has 0 bridgehead atoms. The molecule has 16 heavy (non-hydrogen) atoms. The molecular weight excluding hydrogens is 206 g/mol. The van der Waals surface area contributed by atoms with Crippen LogP contribution >= 0.6 is 0 Å². The first-order chi connectivity index (χ1) is 7.70. The van der Waals surface area contributed by atoms with Gasteiger partial charge < -0.3 is 15.2 Å². The summed E-state index contributed by atoms with van der Waals surface area (Å²) in [6.45, 7) is 1.06. The summed E-state index contributed by atoms with van der Waals surface area (Å²) in [4.78, 5) is 11.7. The molecule has 2 fully saturated rings. The third-order valence-electron chi connectivity index (χ3n) is 3.60. The summed E-state index contributed by atoms with van der Waals surface area (Å²) in [6.07, 6.45) is 6.41. The van der Waals surface area contributed by atoms with Crippen LogP contribution in [0.4, 0.5) is 0 Å². The number of carbonyl (C=O) groups is 1. The summed E-state index contributed by atoms with van der Waals surface area (Å²) in [5, 5.41) is 13.0. The molecular formula is C12H21NO3. The fourth-order valence-electron chi connectivity index (χ4n) is 2.54. The van der Waals surface area contributed by atoms with Gasteiger partial charge in [0, 0.05) is 13.2 Å². The van der Waals surface area contributed by atoms with Crippen LogP contribution in [0.25, 0.3) is 0 Å². The Morgan fingerprint density at radius 1 is 1.31 bits per heavy atom. The van der Waals surface area contributed by atoms with Crippen LogP contribution in [0.15, 0.2) is 0 Å². The predicted octanol–water partition coefficient (Wildman–Crippen LogP) is 0.977. The van der Waals surface area contributed by atoms with E-state index in [1.165, 1.54) is 6.42 Å². The Morgan fingerprint density at radius 3 is 2.69 bits per heavy atom. The molecule has 0 aromatic rings. The molecule has 0 unspecified atom stereocenters. The van der Waals surface area contributed by atoms with E-state index in [0.717, 1.165) is 38.5 Å². The van der Waals surface area contributed by atoms with Crippen LogP contribution in [-0.2, 0) is 9.53 Å². The van der Waals surface area contributed by atoms with Crippen molar-refractivity contribution in [3.63, 3.8) is 0 Å². The summed E-state index contributed by atoms with van der Waals surface area (Å²) in [6, 6.07) is 0. The highest BCUT2D eigenvalue weighted by atomic mass is 16.5. The van der Waals surface area contributed by atoms with Crippen LogP contribution in [0.2, 0.25) is 0 Å². The van der Waals surface area contributed by atoms with E-state index < -0.39 is 5.60 Å². The smallest absolute Gasteiger partial charge is 0.249 e. The van der Waals surface area contributed by atoms with Gasteiger partial charge in [0.15, 0.2) is 0 Å². The fraction of sp³-hybridized carbons (Fsp3) is 0.917. The first-order valence-corrected chi connectivity index (χ1v) is 6.31. The predicted molar refractivity (Wildman–Crippen MR) is 60.0 cm³/mol. The van der Waals surface area contributed by atoms with Gasteiger partial charge in [0.05, 0.1) is 5.60 Å². The molecule has 2 N–H and O–H groups in total. The molecule has 1 saturated heterocycles. The van der Waals surface area contributed by atoms with E-state index in [1.807, 2.05) is 0 Å². The second-order valence-corrected chi connectivity index (χ2v) is 5.00. The lowest BCUT2D eigenvalue weighted by molar-refractivity contribution is -0.131. The summed E-state index contributed by atoms with van der Waals surface area (Å²) in [7, 11) is 0. The molecule has 0 aromatic carbocycles. The Kier molecular flexibility index (Phi) is 3.82. The molecule has 92 valence electrons. The first kappa shape index (κ1) is 11.9. The van der Waals surface area contributed by atoms with Gasteiger partial charge in [-0.15, -0.1) is 0 Å². The molecule has 1 aliphatic carbocycles. The number of hydrogen-bond donors (Lipinski definition) is 2. The minimum Gasteiger partial charge on any atom is -0.388 e. The van der Waals surface area contributed by atoms with Crippen molar-refractivity contribution in [2.24, 2.45) is 0 Å². The van der Waals surface area contributed by atoms with E-state index in [0.29, 0.717) is 13.2 Å². The highest BCUT2D eigenvalue weighted by Crippen LogP contribution is 2.27. The zero-order chi connectivity index (χ0) is 11.4. The molecule has 1 aliphatic heterocycles. The van der Waals surface area contributed by atoms with Crippen LogP contribution in [0.5, 0.6) is 0 Å². The number of ether oxygens (including phenoxy) is 1. The molecule has 0 spiro atoms. The van der Waals surface area contributed by atoms with Crippen molar-refractivity contribution in [2.45, 2.75) is 56.7 Å². The van der Waals surface area contributed by atoms with Gasteiger partial charge in [-0.05, 0) is 25.7 Å². The van der Waals surface area contributed by atoms with Crippen LogP contribution in [0.3, 0.4) is 0 Å². The minimum absolute atomic E-state index is 0.0588. The van der Waals surface area contributed by atoms with Crippen molar-refractivity contribution in [1.82, 2.24) is 5.32 Å². The SMILES string of the molecule is O=C(NCC1(O)CCCCC1)[C@H]1CCCO1. The summed E-state index contributed by atoms with van der Waals surface area (Å²) < 4.78 is 5.29. The zero-order valence-electron chi connectivity index (χ0n) is 9.71. The standard InChI is InChI=1S/C12H21NO3/c14-11(10-5-4-8-16-10)13-9-12(15)6-2-1-3-7-12/h10,15H,1-9H2,(H,13,14)/t10-/m1/s1. The van der Waals surface area contributed by atoms with E-state index in [2.05, 4.69) is 5.32 Å². The van der Waals surface area contributed by atoms with Crippen molar-refractivity contribution in [2.75, 3.05) is 13.2 Å². The Hall–Kier alpha value is -0.610. The third-order valence-corrected chi connectivity index (χ3v) is 3.60. The molecule has 2 aliphatic rings. The molecule has 1 heterocycles. The van der Waals surface area contributed by atoms with E-state index in [4.69, 9.17) is 4.74 Å². The maximum Gasteiger partial charge on any atom is 0.249 e. The van der Waals surface area contributed by atoms with Crippen molar-refractivity contribution in [3.05, 3.63) is 0 Å². The Labute approximate surface area is 96.4 Å². The van der Waals surface area contributed by atoms with Crippen LogP contribution < -0.4 is 5.32 Å². The molecule has 2 rings (SSSR count). The molecule has 4 heteroatoms. The van der Waals surface area contributed by atoms with Crippen molar-refractivity contribution >= 4 is 5.91 Å². The zero-order valence-corrected chi connectivity index (χ0v) is 9.71. The lowest BCUT2D eigenvalue weighted by atomic mass is 9.85. The summed E-state index contributed by atoms with van der Waals surface area (Å²) in [5.41, 5.74) is -0.674. The van der Waals surface area contributed by atoms with Gasteiger partial charge in [-0.1, -0.05) is 19.3 Å². The molecule has 4 nitrogen and oxygen atoms in total. The Morgan fingerprint density at radius 2 is 2.06 bits per heavy atom. The Bertz CT molecular complexity index is 243. The lowest BCUT2D eigenvalue weighted by Gasteiger charge is -2.32. The number of hydrogen-bond acceptors (Lipinski definition) is 3. The molecule has 1 atom stereocenters. The Balaban J connectivity index is 1.75. The van der Waals surface area contributed by atoms with Crippen LogP contribution in [0.1, 0.15) is 44.9 Å². The molecule has 1 saturated carbocycles. The maximum absolute atomic E-state index is 11.7. The highest BCUT2D eigenvalue weighted by molar-refractivity contribution is 5.81. The van der Waals surface area contributed by atoms with Crippen LogP contribution in [-0.4, -0.2) is 35.9 Å². The highest BCUT2D eigenvalue weighted by Gasteiger charge is 2.31. The van der Waals surface area contributed by atoms with Crippen molar-refractivity contribution in [3.8, 4) is 0 Å². The first-order valence-electron chi connectivity index (χ1n) is 6.31. The van der Waals surface area contributed by atoms with Gasteiger partial charge in [0.25, 0.3) is 0 Å². The summed E-state index contributed by atoms with van der Waals surface area (Å²) in [5.74, 6) is -0.0588. The third kappa shape index (κ3) is 2.95.